The number of rotatable bonds is 4. The van der Waals surface area contributed by atoms with E-state index < -0.39 is 0 Å². The summed E-state index contributed by atoms with van der Waals surface area (Å²) in [6, 6.07) is 7.49. The molecule has 1 aromatic heterocycles. The van der Waals surface area contributed by atoms with Crippen molar-refractivity contribution in [3.8, 4) is 0 Å². The van der Waals surface area contributed by atoms with Gasteiger partial charge in [-0.25, -0.2) is 9.37 Å². The summed E-state index contributed by atoms with van der Waals surface area (Å²) in [4.78, 5) is 16.2. The first-order valence-corrected chi connectivity index (χ1v) is 6.85. The fourth-order valence-corrected chi connectivity index (χ4v) is 2.05. The molecule has 0 bridgehead atoms. The highest BCUT2D eigenvalue weighted by molar-refractivity contribution is 9.10. The molecule has 0 aliphatic rings. The van der Waals surface area contributed by atoms with Gasteiger partial charge in [-0.2, -0.15) is 0 Å². The molecule has 6 heteroatoms. The maximum atomic E-state index is 13.0. The second-order valence-electron chi connectivity index (χ2n) is 4.04. The summed E-state index contributed by atoms with van der Waals surface area (Å²) in [5.74, 6) is 0.0476. The molecular weight excluding hydrogens is 325 g/mol. The summed E-state index contributed by atoms with van der Waals surface area (Å²) in [6.07, 6.45) is 1.49. The van der Waals surface area contributed by atoms with E-state index in [2.05, 4.69) is 31.5 Å². The SMILES string of the molecule is CCNc1ccc(C(=O)Nc2ccc(F)cc2Br)cn1. The molecule has 0 saturated carbocycles. The van der Waals surface area contributed by atoms with Crippen molar-refractivity contribution < 1.29 is 9.18 Å². The molecule has 0 unspecified atom stereocenters. The number of benzene rings is 1. The summed E-state index contributed by atoms with van der Waals surface area (Å²) in [5, 5.41) is 5.74. The number of nitrogens with one attached hydrogen (secondary N) is 2. The van der Waals surface area contributed by atoms with Gasteiger partial charge in [0.1, 0.15) is 11.6 Å². The van der Waals surface area contributed by atoms with Gasteiger partial charge in [-0.1, -0.05) is 0 Å². The van der Waals surface area contributed by atoms with E-state index in [1.54, 1.807) is 12.1 Å². The second kappa shape index (κ2) is 6.47. The van der Waals surface area contributed by atoms with Crippen LogP contribution in [0.25, 0.3) is 0 Å². The van der Waals surface area contributed by atoms with E-state index in [1.165, 1.54) is 24.4 Å². The quantitative estimate of drug-likeness (QED) is 0.894. The molecule has 1 heterocycles. The van der Waals surface area contributed by atoms with Gasteiger partial charge < -0.3 is 10.6 Å². The highest BCUT2D eigenvalue weighted by Gasteiger charge is 2.09. The molecule has 0 spiro atoms. The Morgan fingerprint density at radius 2 is 2.15 bits per heavy atom. The number of hydrogen-bond acceptors (Lipinski definition) is 3. The summed E-state index contributed by atoms with van der Waals surface area (Å²) in [7, 11) is 0. The van der Waals surface area contributed by atoms with Gasteiger partial charge >= 0.3 is 0 Å². The van der Waals surface area contributed by atoms with Gasteiger partial charge in [0, 0.05) is 17.2 Å². The number of nitrogens with zero attached hydrogens (tertiary/aromatic N) is 1. The summed E-state index contributed by atoms with van der Waals surface area (Å²) < 4.78 is 13.5. The molecule has 2 rings (SSSR count). The van der Waals surface area contributed by atoms with Crippen LogP contribution in [0.1, 0.15) is 17.3 Å². The Balaban J connectivity index is 2.11. The van der Waals surface area contributed by atoms with Crippen molar-refractivity contribution in [2.75, 3.05) is 17.2 Å². The lowest BCUT2D eigenvalue weighted by Gasteiger charge is -2.08. The third kappa shape index (κ3) is 3.54. The van der Waals surface area contributed by atoms with Crippen molar-refractivity contribution in [1.82, 2.24) is 4.98 Å². The zero-order valence-corrected chi connectivity index (χ0v) is 12.4. The number of pyridine rings is 1. The van der Waals surface area contributed by atoms with E-state index in [-0.39, 0.29) is 11.7 Å². The lowest BCUT2D eigenvalue weighted by molar-refractivity contribution is 0.102. The largest absolute Gasteiger partial charge is 0.370 e. The van der Waals surface area contributed by atoms with Crippen molar-refractivity contribution in [3.05, 3.63) is 52.4 Å². The standard InChI is InChI=1S/C14H13BrFN3O/c1-2-17-13-6-3-9(8-18-13)14(20)19-12-5-4-10(16)7-11(12)15/h3-8H,2H2,1H3,(H,17,18)(H,19,20). The highest BCUT2D eigenvalue weighted by Crippen LogP contribution is 2.23. The number of aromatic nitrogens is 1. The Hall–Kier alpha value is -1.95. The Morgan fingerprint density at radius 3 is 2.75 bits per heavy atom. The topological polar surface area (TPSA) is 54.0 Å². The maximum absolute atomic E-state index is 13.0. The molecule has 2 aromatic rings. The van der Waals surface area contributed by atoms with E-state index in [1.807, 2.05) is 6.92 Å². The Labute approximate surface area is 124 Å². The van der Waals surface area contributed by atoms with Crippen LogP contribution in [-0.4, -0.2) is 17.4 Å². The fourth-order valence-electron chi connectivity index (χ4n) is 1.60. The normalized spacial score (nSPS) is 10.2. The van der Waals surface area contributed by atoms with Crippen LogP contribution in [0, 0.1) is 5.82 Å². The molecule has 0 saturated heterocycles. The third-order valence-electron chi connectivity index (χ3n) is 2.56. The first-order chi connectivity index (χ1) is 9.60. The van der Waals surface area contributed by atoms with E-state index in [9.17, 15) is 9.18 Å². The van der Waals surface area contributed by atoms with Gasteiger partial charge in [0.2, 0.25) is 0 Å². The minimum Gasteiger partial charge on any atom is -0.370 e. The molecular formula is C14H13BrFN3O. The number of carbonyl (C=O) groups excluding carboxylic acids is 1. The predicted molar refractivity (Wildman–Crippen MR) is 80.5 cm³/mol. The Morgan fingerprint density at radius 1 is 1.35 bits per heavy atom. The minimum absolute atomic E-state index is 0.298. The molecule has 104 valence electrons. The van der Waals surface area contributed by atoms with Gasteiger partial charge in [0.25, 0.3) is 5.91 Å². The number of amides is 1. The smallest absolute Gasteiger partial charge is 0.257 e. The van der Waals surface area contributed by atoms with Gasteiger partial charge in [-0.3, -0.25) is 4.79 Å². The second-order valence-corrected chi connectivity index (χ2v) is 4.90. The highest BCUT2D eigenvalue weighted by atomic mass is 79.9. The van der Waals surface area contributed by atoms with Gasteiger partial charge in [0.05, 0.1) is 11.3 Å². The van der Waals surface area contributed by atoms with Crippen molar-refractivity contribution in [1.29, 1.82) is 0 Å². The van der Waals surface area contributed by atoms with Crippen LogP contribution in [0.4, 0.5) is 15.9 Å². The molecule has 1 aromatic carbocycles. The van der Waals surface area contributed by atoms with Gasteiger partial charge in [-0.15, -0.1) is 0 Å². The van der Waals surface area contributed by atoms with E-state index >= 15 is 0 Å². The van der Waals surface area contributed by atoms with Crippen LogP contribution in [-0.2, 0) is 0 Å². The number of anilines is 2. The van der Waals surface area contributed by atoms with E-state index in [4.69, 9.17) is 0 Å². The zero-order valence-electron chi connectivity index (χ0n) is 10.8. The summed E-state index contributed by atoms with van der Waals surface area (Å²) in [6.45, 7) is 2.73. The van der Waals surface area contributed by atoms with E-state index in [0.717, 1.165) is 6.54 Å². The molecule has 0 radical (unpaired) electrons. The minimum atomic E-state index is -0.369. The number of halogens is 2. The first kappa shape index (κ1) is 14.5. The molecule has 0 aliphatic carbocycles. The van der Waals surface area contributed by atoms with Crippen LogP contribution >= 0.6 is 15.9 Å². The van der Waals surface area contributed by atoms with Crippen LogP contribution in [0.5, 0.6) is 0 Å². The van der Waals surface area contributed by atoms with Gasteiger partial charge in [-0.05, 0) is 53.2 Å². The lowest BCUT2D eigenvalue weighted by Crippen LogP contribution is -2.13. The number of carbonyl (C=O) groups is 1. The van der Waals surface area contributed by atoms with Crippen molar-refractivity contribution in [2.24, 2.45) is 0 Å². The lowest BCUT2D eigenvalue weighted by atomic mass is 10.2. The Bertz CT molecular complexity index is 616. The van der Waals surface area contributed by atoms with Crippen molar-refractivity contribution in [3.63, 3.8) is 0 Å². The molecule has 0 atom stereocenters. The van der Waals surface area contributed by atoms with Gasteiger partial charge in [0.15, 0.2) is 0 Å². The summed E-state index contributed by atoms with van der Waals surface area (Å²) >= 11 is 3.20. The molecule has 0 fully saturated rings. The molecule has 0 aliphatic heterocycles. The average molecular weight is 338 g/mol. The van der Waals surface area contributed by atoms with Crippen LogP contribution in [0.3, 0.4) is 0 Å². The van der Waals surface area contributed by atoms with E-state index in [0.29, 0.717) is 21.5 Å². The first-order valence-electron chi connectivity index (χ1n) is 6.06. The molecule has 20 heavy (non-hydrogen) atoms. The monoisotopic (exact) mass is 337 g/mol. The van der Waals surface area contributed by atoms with Crippen LogP contribution < -0.4 is 10.6 Å². The zero-order chi connectivity index (χ0) is 14.5. The fraction of sp³-hybridized carbons (Fsp3) is 0.143. The van der Waals surface area contributed by atoms with Crippen LogP contribution in [0.15, 0.2) is 41.0 Å². The summed E-state index contributed by atoms with van der Waals surface area (Å²) in [5.41, 5.74) is 0.940. The van der Waals surface area contributed by atoms with Crippen molar-refractivity contribution >= 4 is 33.3 Å². The predicted octanol–water partition coefficient (Wildman–Crippen LogP) is 3.67. The number of hydrogen-bond donors (Lipinski definition) is 2. The van der Waals surface area contributed by atoms with Crippen LogP contribution in [0.2, 0.25) is 0 Å². The molecule has 2 N–H and O–H groups in total. The molecule has 1 amide bonds. The Kier molecular flexibility index (Phi) is 4.68. The third-order valence-corrected chi connectivity index (χ3v) is 3.22. The molecule has 4 nitrogen and oxygen atoms in total. The van der Waals surface area contributed by atoms with Crippen molar-refractivity contribution in [2.45, 2.75) is 6.92 Å². The maximum Gasteiger partial charge on any atom is 0.257 e. The average Bonchev–Trinajstić information content (AvgIpc) is 2.43.